The number of nitrogens with one attached hydrogen (secondary N) is 1. The van der Waals surface area contributed by atoms with E-state index in [4.69, 9.17) is 11.6 Å². The Bertz CT molecular complexity index is 240. The average molecular weight is 296 g/mol. The summed E-state index contributed by atoms with van der Waals surface area (Å²) < 4.78 is 1.14. The van der Waals surface area contributed by atoms with Gasteiger partial charge in [-0.2, -0.15) is 0 Å². The summed E-state index contributed by atoms with van der Waals surface area (Å²) in [5.74, 6) is 0. The van der Waals surface area contributed by atoms with E-state index in [-0.39, 0.29) is 0 Å². The molecule has 0 amide bonds. The van der Waals surface area contributed by atoms with Gasteiger partial charge in [-0.25, -0.2) is 0 Å². The quantitative estimate of drug-likeness (QED) is 0.512. The molecule has 0 saturated carbocycles. The molecule has 0 atom stereocenters. The Balaban J connectivity index is 2.41. The van der Waals surface area contributed by atoms with Crippen molar-refractivity contribution in [1.29, 1.82) is 0 Å². The molecule has 0 aliphatic rings. The van der Waals surface area contributed by atoms with E-state index in [0.29, 0.717) is 0 Å². The highest BCUT2D eigenvalue weighted by Gasteiger charge is 1.92. The van der Waals surface area contributed by atoms with Crippen LogP contribution in [0.25, 0.3) is 0 Å². The van der Waals surface area contributed by atoms with Gasteiger partial charge in [-0.1, -0.05) is 46.3 Å². The first-order valence-corrected chi connectivity index (χ1v) is 5.74. The second-order valence-electron chi connectivity index (χ2n) is 2.50. The van der Waals surface area contributed by atoms with Gasteiger partial charge in [-0.05, 0) is 17.7 Å². The Morgan fingerprint density at radius 2 is 2.25 bits per heavy atom. The lowest BCUT2D eigenvalue weighted by Crippen LogP contribution is -2.15. The highest BCUT2D eigenvalue weighted by Crippen LogP contribution is 2.09. The first-order chi connectivity index (χ1) is 5.83. The zero-order valence-corrected chi connectivity index (χ0v) is 9.60. The van der Waals surface area contributed by atoms with Gasteiger partial charge in [0.05, 0.1) is 0 Å². The Hall–Kier alpha value is 0.200. The minimum atomic E-state index is 0.809. The topological polar surface area (TPSA) is 12.0 Å². The first-order valence-electron chi connectivity index (χ1n) is 3.84. The van der Waals surface area contributed by atoms with Crippen molar-refractivity contribution in [3.8, 4) is 0 Å². The van der Waals surface area contributed by atoms with Crippen molar-refractivity contribution < 1.29 is 0 Å². The molecule has 0 radical (unpaired) electrons. The van der Waals surface area contributed by atoms with Crippen LogP contribution in [0.1, 0.15) is 5.56 Å². The van der Waals surface area contributed by atoms with Crippen molar-refractivity contribution in [2.45, 2.75) is 6.54 Å². The van der Waals surface area contributed by atoms with Gasteiger partial charge in [-0.3, -0.25) is 0 Å². The normalized spacial score (nSPS) is 10.2. The molecule has 0 bridgehead atoms. The monoisotopic (exact) mass is 295 g/mol. The average Bonchev–Trinajstić information content (AvgIpc) is 2.05. The minimum absolute atomic E-state index is 0.809. The zero-order valence-electron chi connectivity index (χ0n) is 6.69. The fourth-order valence-corrected chi connectivity index (χ4v) is 1.54. The molecule has 0 fully saturated rings. The van der Waals surface area contributed by atoms with Crippen LogP contribution in [0.4, 0.5) is 0 Å². The van der Waals surface area contributed by atoms with Crippen LogP contribution in [0.5, 0.6) is 0 Å². The molecular weight excluding hydrogens is 284 g/mol. The molecule has 0 aromatic heterocycles. The molecule has 1 rings (SSSR count). The Kier molecular flexibility index (Phi) is 4.95. The summed E-state index contributed by atoms with van der Waals surface area (Å²) in [5, 5.41) is 4.12. The molecule has 0 aliphatic heterocycles. The summed E-state index contributed by atoms with van der Waals surface area (Å²) in [7, 11) is 0. The van der Waals surface area contributed by atoms with Crippen molar-refractivity contribution in [2.24, 2.45) is 0 Å². The summed E-state index contributed by atoms with van der Waals surface area (Å²) in [4.78, 5) is 0. The van der Waals surface area contributed by atoms with E-state index < -0.39 is 0 Å². The van der Waals surface area contributed by atoms with Gasteiger partial charge in [0.15, 0.2) is 0 Å². The second-order valence-corrected chi connectivity index (χ2v) is 4.01. The molecule has 0 spiro atoms. The molecule has 66 valence electrons. The van der Waals surface area contributed by atoms with Gasteiger partial charge < -0.3 is 5.32 Å². The number of hydrogen-bond acceptors (Lipinski definition) is 1. The van der Waals surface area contributed by atoms with E-state index in [1.54, 1.807) is 0 Å². The molecule has 1 aromatic carbocycles. The molecule has 1 aromatic rings. The molecule has 12 heavy (non-hydrogen) atoms. The molecule has 3 heteroatoms. The van der Waals surface area contributed by atoms with Crippen LogP contribution >= 0.6 is 34.2 Å². The standard InChI is InChI=1S/C9H11ClIN/c10-9-3-1-2-8(6-9)7-12-5-4-11/h1-3,6,12H,4-5,7H2. The number of hydrogen-bond donors (Lipinski definition) is 1. The van der Waals surface area contributed by atoms with Crippen molar-refractivity contribution in [1.82, 2.24) is 5.32 Å². The lowest BCUT2D eigenvalue weighted by Gasteiger charge is -2.02. The highest BCUT2D eigenvalue weighted by atomic mass is 127. The van der Waals surface area contributed by atoms with E-state index in [0.717, 1.165) is 22.5 Å². The number of alkyl halides is 1. The van der Waals surface area contributed by atoms with Gasteiger partial charge in [-0.15, -0.1) is 0 Å². The van der Waals surface area contributed by atoms with Gasteiger partial charge in [0.1, 0.15) is 0 Å². The van der Waals surface area contributed by atoms with Crippen LogP contribution in [-0.4, -0.2) is 11.0 Å². The van der Waals surface area contributed by atoms with Crippen LogP contribution in [0.3, 0.4) is 0 Å². The van der Waals surface area contributed by atoms with Gasteiger partial charge in [0.2, 0.25) is 0 Å². The van der Waals surface area contributed by atoms with E-state index in [1.807, 2.05) is 18.2 Å². The van der Waals surface area contributed by atoms with Crippen LogP contribution in [0.2, 0.25) is 5.02 Å². The summed E-state index contributed by atoms with van der Waals surface area (Å²) >= 11 is 8.18. The molecular formula is C9H11ClIN. The van der Waals surface area contributed by atoms with Gasteiger partial charge in [0, 0.05) is 22.5 Å². The van der Waals surface area contributed by atoms with Crippen LogP contribution in [-0.2, 0) is 6.54 Å². The summed E-state index contributed by atoms with van der Waals surface area (Å²) in [5.41, 5.74) is 1.24. The van der Waals surface area contributed by atoms with E-state index in [9.17, 15) is 0 Å². The predicted molar refractivity (Wildman–Crippen MR) is 62.0 cm³/mol. The molecule has 1 nitrogen and oxygen atoms in total. The largest absolute Gasteiger partial charge is 0.312 e. The Morgan fingerprint density at radius 3 is 2.92 bits per heavy atom. The summed E-state index contributed by atoms with van der Waals surface area (Å²) in [6.07, 6.45) is 0. The molecule has 1 N–H and O–H groups in total. The Labute approximate surface area is 91.6 Å². The maximum atomic E-state index is 5.83. The molecule has 0 unspecified atom stereocenters. The lowest BCUT2D eigenvalue weighted by molar-refractivity contribution is 0.737. The van der Waals surface area contributed by atoms with Crippen molar-refractivity contribution in [2.75, 3.05) is 11.0 Å². The van der Waals surface area contributed by atoms with Crippen LogP contribution in [0.15, 0.2) is 24.3 Å². The van der Waals surface area contributed by atoms with Crippen LogP contribution < -0.4 is 5.32 Å². The molecule has 0 heterocycles. The number of benzene rings is 1. The molecule has 0 aliphatic carbocycles. The maximum Gasteiger partial charge on any atom is 0.0409 e. The summed E-state index contributed by atoms with van der Waals surface area (Å²) in [6, 6.07) is 7.93. The lowest BCUT2D eigenvalue weighted by atomic mass is 10.2. The smallest absolute Gasteiger partial charge is 0.0409 e. The third-order valence-corrected chi connectivity index (χ3v) is 2.26. The van der Waals surface area contributed by atoms with E-state index >= 15 is 0 Å². The van der Waals surface area contributed by atoms with E-state index in [1.165, 1.54) is 5.56 Å². The van der Waals surface area contributed by atoms with Gasteiger partial charge in [0.25, 0.3) is 0 Å². The third kappa shape index (κ3) is 3.74. The van der Waals surface area contributed by atoms with E-state index in [2.05, 4.69) is 34.0 Å². The first kappa shape index (κ1) is 10.3. The number of rotatable bonds is 4. The highest BCUT2D eigenvalue weighted by molar-refractivity contribution is 14.1. The second kappa shape index (κ2) is 5.78. The zero-order chi connectivity index (χ0) is 8.81. The number of halogens is 2. The predicted octanol–water partition coefficient (Wildman–Crippen LogP) is 2.86. The fourth-order valence-electron chi connectivity index (χ4n) is 0.946. The maximum absolute atomic E-state index is 5.83. The van der Waals surface area contributed by atoms with Crippen molar-refractivity contribution in [3.63, 3.8) is 0 Å². The molecule has 0 saturated heterocycles. The van der Waals surface area contributed by atoms with Crippen molar-refractivity contribution in [3.05, 3.63) is 34.9 Å². The van der Waals surface area contributed by atoms with Crippen molar-refractivity contribution >= 4 is 34.2 Å². The fraction of sp³-hybridized carbons (Fsp3) is 0.333. The SMILES string of the molecule is Clc1cccc(CNCCI)c1. The summed E-state index contributed by atoms with van der Waals surface area (Å²) in [6.45, 7) is 1.95. The van der Waals surface area contributed by atoms with Crippen LogP contribution in [0, 0.1) is 0 Å². The Morgan fingerprint density at radius 1 is 1.42 bits per heavy atom. The van der Waals surface area contributed by atoms with Gasteiger partial charge >= 0.3 is 0 Å². The third-order valence-electron chi connectivity index (χ3n) is 1.49. The minimum Gasteiger partial charge on any atom is -0.312 e.